The Morgan fingerprint density at radius 2 is 2.18 bits per heavy atom. The minimum Gasteiger partial charge on any atom is -0.386 e. The number of nitrogens with zero attached hydrogens (tertiary/aromatic N) is 3. The van der Waals surface area contributed by atoms with Gasteiger partial charge in [-0.2, -0.15) is 0 Å². The first kappa shape index (κ1) is 11.2. The molecule has 1 aliphatic carbocycles. The molecule has 5 heteroatoms. The Balaban J connectivity index is 1.79. The highest BCUT2D eigenvalue weighted by Gasteiger charge is 2.40. The number of rotatable bonds is 3. The molecule has 2 heterocycles. The smallest absolute Gasteiger partial charge is 0.135 e. The molecule has 2 aliphatic rings. The molecule has 0 unspecified atom stereocenters. The first-order valence-electron chi connectivity index (χ1n) is 6.11. The van der Waals surface area contributed by atoms with E-state index < -0.39 is 5.60 Å². The predicted molar refractivity (Wildman–Crippen MR) is 66.5 cm³/mol. The lowest BCUT2D eigenvalue weighted by Crippen LogP contribution is -2.61. The van der Waals surface area contributed by atoms with Crippen molar-refractivity contribution in [2.75, 3.05) is 18.0 Å². The van der Waals surface area contributed by atoms with Gasteiger partial charge in [-0.05, 0) is 19.3 Å². The summed E-state index contributed by atoms with van der Waals surface area (Å²) in [6, 6.07) is 1.78. The number of aromatic nitrogens is 2. The molecular formula is C12H16ClN3O. The Hall–Kier alpha value is -0.870. The highest BCUT2D eigenvalue weighted by molar-refractivity contribution is 6.29. The molecule has 0 amide bonds. The molecule has 0 aromatic carbocycles. The molecule has 1 aromatic heterocycles. The first-order chi connectivity index (χ1) is 8.09. The van der Waals surface area contributed by atoms with Gasteiger partial charge in [0.1, 0.15) is 16.8 Å². The van der Waals surface area contributed by atoms with Crippen molar-refractivity contribution in [1.82, 2.24) is 9.97 Å². The Labute approximate surface area is 106 Å². The highest BCUT2D eigenvalue weighted by atomic mass is 35.5. The monoisotopic (exact) mass is 253 g/mol. The molecule has 0 bridgehead atoms. The Morgan fingerprint density at radius 3 is 2.76 bits per heavy atom. The van der Waals surface area contributed by atoms with Gasteiger partial charge in [0, 0.05) is 25.1 Å². The molecule has 0 atom stereocenters. The molecular weight excluding hydrogens is 238 g/mol. The van der Waals surface area contributed by atoms with Gasteiger partial charge in [0.05, 0.1) is 5.60 Å². The van der Waals surface area contributed by atoms with Crippen LogP contribution < -0.4 is 4.90 Å². The van der Waals surface area contributed by atoms with Crippen molar-refractivity contribution < 1.29 is 5.11 Å². The molecule has 3 rings (SSSR count). The third-order valence-electron chi connectivity index (χ3n) is 3.59. The molecule has 17 heavy (non-hydrogen) atoms. The fourth-order valence-corrected chi connectivity index (χ4v) is 2.34. The Bertz CT molecular complexity index is 441. The zero-order valence-corrected chi connectivity index (χ0v) is 10.6. The molecule has 4 nitrogen and oxygen atoms in total. The topological polar surface area (TPSA) is 49.2 Å². The van der Waals surface area contributed by atoms with Crippen molar-refractivity contribution in [2.45, 2.75) is 37.7 Å². The quantitative estimate of drug-likeness (QED) is 0.837. The summed E-state index contributed by atoms with van der Waals surface area (Å²) in [4.78, 5) is 10.9. The first-order valence-corrected chi connectivity index (χ1v) is 6.49. The third-order valence-corrected chi connectivity index (χ3v) is 3.79. The predicted octanol–water partition coefficient (Wildman–Crippen LogP) is 1.97. The summed E-state index contributed by atoms with van der Waals surface area (Å²) in [6.45, 7) is 3.28. The van der Waals surface area contributed by atoms with Crippen LogP contribution in [0.3, 0.4) is 0 Å². The lowest BCUT2D eigenvalue weighted by Gasteiger charge is -2.46. The van der Waals surface area contributed by atoms with E-state index in [0.29, 0.717) is 24.2 Å². The fourth-order valence-electron chi connectivity index (χ4n) is 2.16. The van der Waals surface area contributed by atoms with Gasteiger partial charge in [0.2, 0.25) is 0 Å². The van der Waals surface area contributed by atoms with Gasteiger partial charge < -0.3 is 10.0 Å². The van der Waals surface area contributed by atoms with Crippen molar-refractivity contribution in [3.63, 3.8) is 0 Å². The van der Waals surface area contributed by atoms with E-state index in [4.69, 9.17) is 11.6 Å². The fraction of sp³-hybridized carbons (Fsp3) is 0.667. The highest BCUT2D eigenvalue weighted by Crippen LogP contribution is 2.39. The molecule has 0 spiro atoms. The Kier molecular flexibility index (Phi) is 2.52. The van der Waals surface area contributed by atoms with Crippen LogP contribution >= 0.6 is 11.6 Å². The summed E-state index contributed by atoms with van der Waals surface area (Å²) in [5.74, 6) is 2.21. The minimum absolute atomic E-state index is 0.499. The molecule has 1 saturated heterocycles. The molecule has 2 fully saturated rings. The standard InChI is InChI=1S/C12H16ClN3O/c1-2-12(17)6-16(7-12)10-5-9(13)14-11(15-10)8-3-4-8/h5,8,17H,2-4,6-7H2,1H3. The SMILES string of the molecule is CCC1(O)CN(c2cc(Cl)nc(C3CC3)n2)C1. The average molecular weight is 254 g/mol. The van der Waals surface area contributed by atoms with Crippen molar-refractivity contribution in [3.05, 3.63) is 17.0 Å². The second-order valence-electron chi connectivity index (χ2n) is 5.12. The maximum Gasteiger partial charge on any atom is 0.135 e. The second-order valence-corrected chi connectivity index (χ2v) is 5.50. The van der Waals surface area contributed by atoms with E-state index in [1.54, 1.807) is 6.07 Å². The summed E-state index contributed by atoms with van der Waals surface area (Å²) in [7, 11) is 0. The average Bonchev–Trinajstić information content (AvgIpc) is 3.07. The van der Waals surface area contributed by atoms with Gasteiger partial charge in [-0.1, -0.05) is 18.5 Å². The van der Waals surface area contributed by atoms with Crippen molar-refractivity contribution in [1.29, 1.82) is 0 Å². The van der Waals surface area contributed by atoms with Gasteiger partial charge in [-0.25, -0.2) is 9.97 Å². The van der Waals surface area contributed by atoms with Crippen LogP contribution in [0.5, 0.6) is 0 Å². The Morgan fingerprint density at radius 1 is 1.47 bits per heavy atom. The molecule has 1 aliphatic heterocycles. The lowest BCUT2D eigenvalue weighted by atomic mass is 9.91. The van der Waals surface area contributed by atoms with E-state index in [2.05, 4.69) is 14.9 Å². The van der Waals surface area contributed by atoms with E-state index in [1.807, 2.05) is 6.92 Å². The second kappa shape index (κ2) is 3.82. The summed E-state index contributed by atoms with van der Waals surface area (Å²) in [6.07, 6.45) is 3.11. The summed E-state index contributed by atoms with van der Waals surface area (Å²) in [5, 5.41) is 10.5. The number of anilines is 1. The van der Waals surface area contributed by atoms with Crippen molar-refractivity contribution in [3.8, 4) is 0 Å². The van der Waals surface area contributed by atoms with Gasteiger partial charge in [0.25, 0.3) is 0 Å². The molecule has 1 saturated carbocycles. The zero-order chi connectivity index (χ0) is 12.0. The van der Waals surface area contributed by atoms with Crippen LogP contribution in [0.15, 0.2) is 6.07 Å². The minimum atomic E-state index is -0.544. The summed E-state index contributed by atoms with van der Waals surface area (Å²) < 4.78 is 0. The van der Waals surface area contributed by atoms with Crippen LogP contribution in [0.1, 0.15) is 37.9 Å². The maximum atomic E-state index is 9.99. The largest absolute Gasteiger partial charge is 0.386 e. The lowest BCUT2D eigenvalue weighted by molar-refractivity contribution is 0.00803. The van der Waals surface area contributed by atoms with E-state index in [-0.39, 0.29) is 0 Å². The van der Waals surface area contributed by atoms with Crippen LogP contribution in [0.4, 0.5) is 5.82 Å². The van der Waals surface area contributed by atoms with Crippen molar-refractivity contribution in [2.24, 2.45) is 0 Å². The van der Waals surface area contributed by atoms with Crippen molar-refractivity contribution >= 4 is 17.4 Å². The van der Waals surface area contributed by atoms with Gasteiger partial charge in [-0.3, -0.25) is 0 Å². The zero-order valence-electron chi connectivity index (χ0n) is 9.86. The number of hydrogen-bond acceptors (Lipinski definition) is 4. The molecule has 0 radical (unpaired) electrons. The number of halogens is 1. The van der Waals surface area contributed by atoms with E-state index in [1.165, 1.54) is 12.8 Å². The number of hydrogen-bond donors (Lipinski definition) is 1. The number of aliphatic hydroxyl groups is 1. The van der Waals surface area contributed by atoms with E-state index in [9.17, 15) is 5.11 Å². The van der Waals surface area contributed by atoms with Crippen LogP contribution in [0.2, 0.25) is 5.15 Å². The molecule has 1 aromatic rings. The summed E-state index contributed by atoms with van der Waals surface area (Å²) >= 11 is 6.01. The molecule has 92 valence electrons. The summed E-state index contributed by atoms with van der Waals surface area (Å²) in [5.41, 5.74) is -0.544. The van der Waals surface area contributed by atoms with Gasteiger partial charge in [0.15, 0.2) is 0 Å². The van der Waals surface area contributed by atoms with Gasteiger partial charge in [-0.15, -0.1) is 0 Å². The maximum absolute atomic E-state index is 9.99. The normalized spacial score (nSPS) is 22.4. The third kappa shape index (κ3) is 2.11. The molecule has 1 N–H and O–H groups in total. The van der Waals surface area contributed by atoms with Crippen LogP contribution in [-0.2, 0) is 0 Å². The van der Waals surface area contributed by atoms with E-state index in [0.717, 1.165) is 18.1 Å². The van der Waals surface area contributed by atoms with Crippen LogP contribution in [0, 0.1) is 0 Å². The van der Waals surface area contributed by atoms with Gasteiger partial charge >= 0.3 is 0 Å². The van der Waals surface area contributed by atoms with E-state index >= 15 is 0 Å². The van der Waals surface area contributed by atoms with Crippen LogP contribution in [0.25, 0.3) is 0 Å². The number of β-amino-alcohol motifs (C(OH)–C–C–N with tert-alkyl or cyclic N) is 1. The van der Waals surface area contributed by atoms with Crippen LogP contribution in [-0.4, -0.2) is 33.8 Å².